The lowest BCUT2D eigenvalue weighted by molar-refractivity contribution is -0.120. The highest BCUT2D eigenvalue weighted by Crippen LogP contribution is 2.41. The Balaban J connectivity index is 2.51. The zero-order chi connectivity index (χ0) is 11.2. The Morgan fingerprint density at radius 3 is 2.60 bits per heavy atom. The van der Waals surface area contributed by atoms with Gasteiger partial charge in [-0.05, 0) is 19.8 Å². The van der Waals surface area contributed by atoms with Crippen LogP contribution in [0, 0.1) is 5.92 Å². The molecule has 2 aliphatic rings. The molecule has 2 N–H and O–H groups in total. The van der Waals surface area contributed by atoms with Gasteiger partial charge in [0.1, 0.15) is 10.4 Å². The SMILES string of the molecule is CC1=NC(C2CC2)=C(C(N)=O)C(=O)C1Br. The number of nitrogens with zero attached hydrogens (tertiary/aromatic N) is 1. The first-order chi connectivity index (χ1) is 7.02. The number of carbonyl (C=O) groups is 2. The summed E-state index contributed by atoms with van der Waals surface area (Å²) in [5.74, 6) is -0.661. The van der Waals surface area contributed by atoms with Crippen molar-refractivity contribution in [3.8, 4) is 0 Å². The third kappa shape index (κ3) is 1.76. The fourth-order valence-corrected chi connectivity index (χ4v) is 1.98. The molecule has 5 heteroatoms. The van der Waals surface area contributed by atoms with Crippen LogP contribution < -0.4 is 5.73 Å². The van der Waals surface area contributed by atoms with Crippen molar-refractivity contribution in [1.29, 1.82) is 0 Å². The summed E-state index contributed by atoms with van der Waals surface area (Å²) in [5, 5.41) is 0. The molecule has 0 aromatic heterocycles. The maximum atomic E-state index is 11.8. The number of primary amides is 1. The third-order valence-corrected chi connectivity index (χ3v) is 3.69. The number of allylic oxidation sites excluding steroid dienone is 1. The Labute approximate surface area is 95.7 Å². The molecule has 80 valence electrons. The fourth-order valence-electron chi connectivity index (χ4n) is 1.65. The molecule has 1 amide bonds. The van der Waals surface area contributed by atoms with Gasteiger partial charge in [-0.25, -0.2) is 0 Å². The van der Waals surface area contributed by atoms with Gasteiger partial charge in [0.15, 0.2) is 5.78 Å². The van der Waals surface area contributed by atoms with Crippen molar-refractivity contribution in [3.05, 3.63) is 11.3 Å². The summed E-state index contributed by atoms with van der Waals surface area (Å²) >= 11 is 3.20. The Morgan fingerprint density at radius 1 is 1.53 bits per heavy atom. The van der Waals surface area contributed by atoms with Crippen LogP contribution in [0.15, 0.2) is 16.3 Å². The summed E-state index contributed by atoms with van der Waals surface area (Å²) in [4.78, 5) is 26.9. The molecule has 1 atom stereocenters. The molecule has 0 bridgehead atoms. The average molecular weight is 271 g/mol. The number of hydrogen-bond donors (Lipinski definition) is 1. The largest absolute Gasteiger partial charge is 0.365 e. The lowest BCUT2D eigenvalue weighted by atomic mass is 9.98. The van der Waals surface area contributed by atoms with Crippen molar-refractivity contribution < 1.29 is 9.59 Å². The molecule has 1 aliphatic carbocycles. The molecule has 1 heterocycles. The normalized spacial score (nSPS) is 26.7. The van der Waals surface area contributed by atoms with Gasteiger partial charge >= 0.3 is 0 Å². The average Bonchev–Trinajstić information content (AvgIpc) is 2.95. The van der Waals surface area contributed by atoms with E-state index in [1.807, 2.05) is 0 Å². The van der Waals surface area contributed by atoms with E-state index in [0.717, 1.165) is 12.8 Å². The first-order valence-electron chi connectivity index (χ1n) is 4.79. The first kappa shape index (κ1) is 10.5. The maximum absolute atomic E-state index is 11.8. The topological polar surface area (TPSA) is 72.5 Å². The van der Waals surface area contributed by atoms with Crippen molar-refractivity contribution in [3.63, 3.8) is 0 Å². The van der Waals surface area contributed by atoms with Gasteiger partial charge in [-0.1, -0.05) is 15.9 Å². The molecule has 0 spiro atoms. The number of amides is 1. The zero-order valence-electron chi connectivity index (χ0n) is 8.29. The van der Waals surface area contributed by atoms with Gasteiger partial charge in [-0.2, -0.15) is 0 Å². The van der Waals surface area contributed by atoms with Crippen LogP contribution in [0.1, 0.15) is 19.8 Å². The van der Waals surface area contributed by atoms with Crippen molar-refractivity contribution in [2.24, 2.45) is 16.6 Å². The number of nitrogens with two attached hydrogens (primary N) is 1. The molecule has 15 heavy (non-hydrogen) atoms. The molecule has 0 saturated heterocycles. The van der Waals surface area contributed by atoms with Crippen LogP contribution in [0.2, 0.25) is 0 Å². The van der Waals surface area contributed by atoms with Crippen LogP contribution in [0.3, 0.4) is 0 Å². The van der Waals surface area contributed by atoms with E-state index in [2.05, 4.69) is 20.9 Å². The first-order valence-corrected chi connectivity index (χ1v) is 5.71. The molecule has 0 aromatic carbocycles. The molecule has 4 nitrogen and oxygen atoms in total. The summed E-state index contributed by atoms with van der Waals surface area (Å²) < 4.78 is 0. The molecule has 0 aromatic rings. The quantitative estimate of drug-likeness (QED) is 0.599. The van der Waals surface area contributed by atoms with Crippen LogP contribution in [0.4, 0.5) is 0 Å². The van der Waals surface area contributed by atoms with E-state index < -0.39 is 10.7 Å². The number of rotatable bonds is 2. The van der Waals surface area contributed by atoms with Crippen molar-refractivity contribution in [1.82, 2.24) is 0 Å². The van der Waals surface area contributed by atoms with Crippen molar-refractivity contribution in [2.75, 3.05) is 0 Å². The maximum Gasteiger partial charge on any atom is 0.254 e. The fraction of sp³-hybridized carbons (Fsp3) is 0.500. The van der Waals surface area contributed by atoms with Gasteiger partial charge in [-0.15, -0.1) is 0 Å². The number of aliphatic imine (C=N–C) groups is 1. The second-order valence-electron chi connectivity index (χ2n) is 3.88. The summed E-state index contributed by atoms with van der Waals surface area (Å²) in [6.45, 7) is 1.78. The number of Topliss-reactive ketones (excluding diaryl/α,β-unsaturated/α-hetero) is 1. The molecule has 2 rings (SSSR count). The molecular formula is C10H11BrN2O2. The van der Waals surface area contributed by atoms with E-state index in [0.29, 0.717) is 11.4 Å². The van der Waals surface area contributed by atoms with Gasteiger partial charge in [0.05, 0.1) is 5.70 Å². The number of carbonyl (C=O) groups excluding carboxylic acids is 2. The second kappa shape index (κ2) is 3.56. The smallest absolute Gasteiger partial charge is 0.254 e. The summed E-state index contributed by atoms with van der Waals surface area (Å²) in [6.07, 6.45) is 1.98. The summed E-state index contributed by atoms with van der Waals surface area (Å²) in [5.41, 5.74) is 6.60. The third-order valence-electron chi connectivity index (χ3n) is 2.61. The Bertz CT molecular complexity index is 408. The van der Waals surface area contributed by atoms with Crippen molar-refractivity contribution >= 4 is 33.3 Å². The van der Waals surface area contributed by atoms with Gasteiger partial charge in [0.2, 0.25) is 0 Å². The lowest BCUT2D eigenvalue weighted by Gasteiger charge is -2.18. The van der Waals surface area contributed by atoms with E-state index in [9.17, 15) is 9.59 Å². The number of hydrogen-bond acceptors (Lipinski definition) is 3. The standard InChI is InChI=1S/C10H11BrN2O2/c1-4-7(11)9(14)6(10(12)15)8(13-4)5-2-3-5/h5,7H,2-3H2,1H3,(H2,12,15). The van der Waals surface area contributed by atoms with E-state index in [-0.39, 0.29) is 17.3 Å². The van der Waals surface area contributed by atoms with Crippen LogP contribution in [-0.2, 0) is 9.59 Å². The lowest BCUT2D eigenvalue weighted by Crippen LogP contribution is -2.34. The summed E-state index contributed by atoms with van der Waals surface area (Å²) in [7, 11) is 0. The van der Waals surface area contributed by atoms with E-state index >= 15 is 0 Å². The minimum atomic E-state index is -0.664. The van der Waals surface area contributed by atoms with E-state index in [4.69, 9.17) is 5.73 Å². The number of alkyl halides is 1. The van der Waals surface area contributed by atoms with E-state index in [1.165, 1.54) is 0 Å². The van der Waals surface area contributed by atoms with Gasteiger partial charge < -0.3 is 5.73 Å². The Kier molecular flexibility index (Phi) is 2.50. The predicted molar refractivity (Wildman–Crippen MR) is 59.8 cm³/mol. The van der Waals surface area contributed by atoms with Crippen molar-refractivity contribution in [2.45, 2.75) is 24.6 Å². The van der Waals surface area contributed by atoms with Gasteiger partial charge in [0, 0.05) is 11.6 Å². The zero-order valence-corrected chi connectivity index (χ0v) is 9.87. The minimum Gasteiger partial charge on any atom is -0.365 e. The highest BCUT2D eigenvalue weighted by atomic mass is 79.9. The number of halogens is 1. The molecule has 1 aliphatic heterocycles. The highest BCUT2D eigenvalue weighted by Gasteiger charge is 2.38. The molecule has 1 unspecified atom stereocenters. The monoisotopic (exact) mass is 270 g/mol. The predicted octanol–water partition coefficient (Wildman–Crippen LogP) is 0.943. The van der Waals surface area contributed by atoms with Crippen LogP contribution in [0.25, 0.3) is 0 Å². The minimum absolute atomic E-state index is 0.0879. The summed E-state index contributed by atoms with van der Waals surface area (Å²) in [6, 6.07) is 0. The van der Waals surface area contributed by atoms with Crippen LogP contribution >= 0.6 is 15.9 Å². The molecule has 1 fully saturated rings. The van der Waals surface area contributed by atoms with Gasteiger partial charge in [-0.3, -0.25) is 14.6 Å². The molecule has 1 saturated carbocycles. The van der Waals surface area contributed by atoms with Crippen LogP contribution in [-0.4, -0.2) is 22.2 Å². The number of ketones is 1. The molecule has 0 radical (unpaired) electrons. The van der Waals surface area contributed by atoms with Gasteiger partial charge in [0.25, 0.3) is 5.91 Å². The Hall–Kier alpha value is -0.970. The van der Waals surface area contributed by atoms with E-state index in [1.54, 1.807) is 6.92 Å². The Morgan fingerprint density at radius 2 is 2.13 bits per heavy atom. The second-order valence-corrected chi connectivity index (χ2v) is 4.79. The highest BCUT2D eigenvalue weighted by molar-refractivity contribution is 9.10. The molecular weight excluding hydrogens is 260 g/mol. The van der Waals surface area contributed by atoms with Crippen LogP contribution in [0.5, 0.6) is 0 Å².